The summed E-state index contributed by atoms with van der Waals surface area (Å²) in [7, 11) is 0. The molecule has 0 N–H and O–H groups in total. The van der Waals surface area contributed by atoms with Gasteiger partial charge in [0.1, 0.15) is 0 Å². The van der Waals surface area contributed by atoms with E-state index in [9.17, 15) is 4.79 Å². The first-order valence-electron chi connectivity index (χ1n) is 10.00. The summed E-state index contributed by atoms with van der Waals surface area (Å²) < 4.78 is 1.32. The second-order valence-electron chi connectivity index (χ2n) is 7.79. The number of amides is 1. The standard InChI is InChI=1S/C26H24ClNOSe/c1-19-24(21-12-9-13-22(27)16-21)28(17-20-10-5-3-6-11-20)25(29)26(19,2)18-30-23-14-7-4-8-15-23/h3-16H,17-18H2,1-2H3. The van der Waals surface area contributed by atoms with Crippen molar-refractivity contribution in [1.82, 2.24) is 4.90 Å². The van der Waals surface area contributed by atoms with Gasteiger partial charge in [-0.3, -0.25) is 0 Å². The summed E-state index contributed by atoms with van der Waals surface area (Å²) in [5.41, 5.74) is 3.74. The summed E-state index contributed by atoms with van der Waals surface area (Å²) in [4.78, 5) is 15.7. The van der Waals surface area contributed by atoms with Gasteiger partial charge in [-0.15, -0.1) is 0 Å². The van der Waals surface area contributed by atoms with E-state index in [0.29, 0.717) is 11.6 Å². The molecule has 2 nitrogen and oxygen atoms in total. The van der Waals surface area contributed by atoms with Crippen molar-refractivity contribution in [3.8, 4) is 0 Å². The minimum atomic E-state index is -0.512. The summed E-state index contributed by atoms with van der Waals surface area (Å²) in [6.45, 7) is 4.78. The Labute approximate surface area is 189 Å². The second-order valence-corrected chi connectivity index (χ2v) is 10.4. The molecule has 4 heteroatoms. The SMILES string of the molecule is CC1=C(c2cccc(Cl)c2)N(Cc2ccccc2)C(=O)C1(C)C[Se]c1ccccc1. The first-order valence-corrected chi connectivity index (χ1v) is 12.4. The van der Waals surface area contributed by atoms with Crippen LogP contribution in [0.3, 0.4) is 0 Å². The number of halogens is 1. The zero-order valence-corrected chi connectivity index (χ0v) is 19.6. The molecule has 4 rings (SSSR count). The molecule has 1 heterocycles. The minimum absolute atomic E-state index is 0.177. The molecule has 3 aromatic rings. The zero-order valence-electron chi connectivity index (χ0n) is 17.1. The van der Waals surface area contributed by atoms with Crippen LogP contribution >= 0.6 is 11.6 Å². The van der Waals surface area contributed by atoms with Gasteiger partial charge in [-0.05, 0) is 0 Å². The summed E-state index contributed by atoms with van der Waals surface area (Å²) >= 11 is 6.52. The molecule has 1 unspecified atom stereocenters. The molecule has 0 saturated heterocycles. The van der Waals surface area contributed by atoms with E-state index in [4.69, 9.17) is 11.6 Å². The Morgan fingerprint density at radius 3 is 2.27 bits per heavy atom. The quantitative estimate of drug-likeness (QED) is 0.422. The van der Waals surface area contributed by atoms with Gasteiger partial charge >= 0.3 is 190 Å². The van der Waals surface area contributed by atoms with Gasteiger partial charge in [0.25, 0.3) is 0 Å². The zero-order chi connectivity index (χ0) is 21.1. The van der Waals surface area contributed by atoms with Crippen LogP contribution < -0.4 is 4.46 Å². The fourth-order valence-corrected chi connectivity index (χ4v) is 6.46. The molecule has 0 radical (unpaired) electrons. The van der Waals surface area contributed by atoms with Crippen LogP contribution in [0, 0.1) is 5.41 Å². The molecule has 152 valence electrons. The maximum atomic E-state index is 13.8. The summed E-state index contributed by atoms with van der Waals surface area (Å²) in [5.74, 6) is 0.177. The van der Waals surface area contributed by atoms with Crippen LogP contribution in [0.15, 0.2) is 90.5 Å². The Hall–Kier alpha value is -2.32. The number of carbonyl (C=O) groups excluding carboxylic acids is 1. The molecule has 0 bridgehead atoms. The first kappa shape index (κ1) is 20.9. The fourth-order valence-electron chi connectivity index (χ4n) is 3.86. The molecule has 3 aromatic carbocycles. The topological polar surface area (TPSA) is 20.3 Å². The third-order valence-electron chi connectivity index (χ3n) is 5.72. The van der Waals surface area contributed by atoms with Crippen molar-refractivity contribution in [3.05, 3.63) is 107 Å². The number of carbonyl (C=O) groups is 1. The molecule has 1 amide bonds. The van der Waals surface area contributed by atoms with Crippen molar-refractivity contribution in [2.45, 2.75) is 25.7 Å². The molecule has 0 fully saturated rings. The van der Waals surface area contributed by atoms with Gasteiger partial charge in [0.2, 0.25) is 0 Å². The number of hydrogen-bond donors (Lipinski definition) is 0. The molecule has 30 heavy (non-hydrogen) atoms. The Morgan fingerprint density at radius 1 is 0.933 bits per heavy atom. The molecule has 0 aromatic heterocycles. The molecule has 0 aliphatic carbocycles. The van der Waals surface area contributed by atoms with Gasteiger partial charge in [-0.25, -0.2) is 0 Å². The summed E-state index contributed by atoms with van der Waals surface area (Å²) in [6, 6.07) is 28.5. The van der Waals surface area contributed by atoms with Crippen molar-refractivity contribution in [2.75, 3.05) is 0 Å². The number of hydrogen-bond acceptors (Lipinski definition) is 1. The van der Waals surface area contributed by atoms with Crippen LogP contribution in [0.5, 0.6) is 0 Å². The predicted molar refractivity (Wildman–Crippen MR) is 126 cm³/mol. The monoisotopic (exact) mass is 481 g/mol. The Balaban J connectivity index is 1.73. The normalized spacial score (nSPS) is 18.9. The number of benzene rings is 3. The van der Waals surface area contributed by atoms with Crippen LogP contribution in [0.1, 0.15) is 25.0 Å². The van der Waals surface area contributed by atoms with Gasteiger partial charge in [0.15, 0.2) is 0 Å². The fraction of sp³-hybridized carbons (Fsp3) is 0.192. The van der Waals surface area contributed by atoms with Crippen LogP contribution in [-0.2, 0) is 11.3 Å². The molecular formula is C26H24ClNOSe. The van der Waals surface area contributed by atoms with E-state index >= 15 is 0 Å². The molecule has 1 atom stereocenters. The van der Waals surface area contributed by atoms with Crippen LogP contribution in [0.4, 0.5) is 0 Å². The predicted octanol–water partition coefficient (Wildman–Crippen LogP) is 5.57. The molecule has 1 aliphatic heterocycles. The van der Waals surface area contributed by atoms with E-state index < -0.39 is 5.41 Å². The Morgan fingerprint density at radius 2 is 1.60 bits per heavy atom. The summed E-state index contributed by atoms with van der Waals surface area (Å²) in [6.07, 6.45) is 0. The third kappa shape index (κ3) is 4.11. The average molecular weight is 481 g/mol. The average Bonchev–Trinajstić information content (AvgIpc) is 2.95. The van der Waals surface area contributed by atoms with Crippen molar-refractivity contribution < 1.29 is 4.79 Å². The third-order valence-corrected chi connectivity index (χ3v) is 8.74. The van der Waals surface area contributed by atoms with E-state index in [1.165, 1.54) is 4.46 Å². The van der Waals surface area contributed by atoms with E-state index in [-0.39, 0.29) is 20.9 Å². The van der Waals surface area contributed by atoms with Crippen molar-refractivity contribution >= 4 is 42.6 Å². The number of rotatable bonds is 6. The van der Waals surface area contributed by atoms with E-state index in [1.54, 1.807) is 0 Å². The molecule has 1 aliphatic rings. The second kappa shape index (κ2) is 8.81. The maximum absolute atomic E-state index is 13.8. The molecule has 0 spiro atoms. The number of nitrogens with zero attached hydrogens (tertiary/aromatic N) is 1. The van der Waals surface area contributed by atoms with Crippen LogP contribution in [-0.4, -0.2) is 25.8 Å². The molecule has 0 saturated carbocycles. The van der Waals surface area contributed by atoms with Gasteiger partial charge < -0.3 is 0 Å². The van der Waals surface area contributed by atoms with E-state index in [1.807, 2.05) is 53.4 Å². The van der Waals surface area contributed by atoms with Crippen LogP contribution in [0.25, 0.3) is 5.70 Å². The van der Waals surface area contributed by atoms with Gasteiger partial charge in [0.05, 0.1) is 0 Å². The van der Waals surface area contributed by atoms with Gasteiger partial charge in [0, 0.05) is 0 Å². The first-order chi connectivity index (χ1) is 14.5. The van der Waals surface area contributed by atoms with Gasteiger partial charge in [-0.2, -0.15) is 0 Å². The molecular weight excluding hydrogens is 457 g/mol. The van der Waals surface area contributed by atoms with Crippen molar-refractivity contribution in [1.29, 1.82) is 0 Å². The van der Waals surface area contributed by atoms with E-state index in [0.717, 1.165) is 27.7 Å². The Kier molecular flexibility index (Phi) is 6.15. The van der Waals surface area contributed by atoms with Crippen molar-refractivity contribution in [2.24, 2.45) is 5.41 Å². The Bertz CT molecular complexity index is 1080. The van der Waals surface area contributed by atoms with Crippen LogP contribution in [0.2, 0.25) is 10.3 Å². The summed E-state index contributed by atoms with van der Waals surface area (Å²) in [5, 5.41) is 1.52. The van der Waals surface area contributed by atoms with Crippen molar-refractivity contribution in [3.63, 3.8) is 0 Å². The van der Waals surface area contributed by atoms with E-state index in [2.05, 4.69) is 50.2 Å². The van der Waals surface area contributed by atoms with Gasteiger partial charge in [-0.1, -0.05) is 0 Å².